The fourth-order valence-electron chi connectivity index (χ4n) is 4.10. The molecular weight excluding hydrogens is 489 g/mol. The SMILES string of the molecule is CC(C)c1nc(-c2ccc(C(F)(F)F)cc2)sc1C(C)COCc1ccc2c(CC(=O)O)c[nH]c2c1. The average Bonchev–Trinajstić information content (AvgIpc) is 3.43. The summed E-state index contributed by atoms with van der Waals surface area (Å²) in [7, 11) is 0. The summed E-state index contributed by atoms with van der Waals surface area (Å²) in [5.74, 6) is -0.653. The van der Waals surface area contributed by atoms with E-state index < -0.39 is 17.7 Å². The monoisotopic (exact) mass is 516 g/mol. The molecule has 36 heavy (non-hydrogen) atoms. The number of hydrogen-bond acceptors (Lipinski definition) is 4. The molecule has 4 aromatic rings. The number of aromatic amines is 1. The number of halogens is 3. The molecule has 0 bridgehead atoms. The molecule has 2 heterocycles. The second-order valence-electron chi connectivity index (χ2n) is 9.18. The third-order valence-electron chi connectivity index (χ3n) is 5.94. The molecule has 9 heteroatoms. The van der Waals surface area contributed by atoms with Crippen LogP contribution in [0.3, 0.4) is 0 Å². The number of benzene rings is 2. The van der Waals surface area contributed by atoms with Crippen LogP contribution in [0.4, 0.5) is 13.2 Å². The molecule has 4 rings (SSSR count). The molecule has 0 spiro atoms. The molecular formula is C27H27F3N2O3S. The van der Waals surface area contributed by atoms with Gasteiger partial charge in [-0.2, -0.15) is 13.2 Å². The van der Waals surface area contributed by atoms with Gasteiger partial charge in [-0.1, -0.05) is 45.0 Å². The minimum atomic E-state index is -4.37. The number of carboxylic acid groups (broad SMARTS) is 1. The molecule has 0 aliphatic carbocycles. The van der Waals surface area contributed by atoms with Gasteiger partial charge in [-0.3, -0.25) is 4.79 Å². The Bertz CT molecular complexity index is 1360. The van der Waals surface area contributed by atoms with Gasteiger partial charge < -0.3 is 14.8 Å². The minimum Gasteiger partial charge on any atom is -0.481 e. The lowest BCUT2D eigenvalue weighted by atomic mass is 10.0. The molecule has 0 saturated carbocycles. The van der Waals surface area contributed by atoms with E-state index in [1.165, 1.54) is 23.5 Å². The number of rotatable bonds is 9. The fraction of sp³-hybridized carbons (Fsp3) is 0.333. The minimum absolute atomic E-state index is 0.0329. The van der Waals surface area contributed by atoms with Crippen LogP contribution in [0.1, 0.15) is 59.9 Å². The van der Waals surface area contributed by atoms with E-state index in [-0.39, 0.29) is 18.3 Å². The van der Waals surface area contributed by atoms with Crippen molar-refractivity contribution in [3.05, 3.63) is 75.9 Å². The van der Waals surface area contributed by atoms with Crippen molar-refractivity contribution in [2.45, 2.75) is 51.8 Å². The highest BCUT2D eigenvalue weighted by molar-refractivity contribution is 7.15. The Morgan fingerprint density at radius 3 is 2.50 bits per heavy atom. The number of carboxylic acids is 1. The number of H-pyrrole nitrogens is 1. The van der Waals surface area contributed by atoms with Gasteiger partial charge in [0.15, 0.2) is 0 Å². The summed E-state index contributed by atoms with van der Waals surface area (Å²) in [5, 5.41) is 10.6. The van der Waals surface area contributed by atoms with Crippen LogP contribution in [-0.4, -0.2) is 27.7 Å². The second kappa shape index (κ2) is 10.4. The molecule has 0 amide bonds. The maximum absolute atomic E-state index is 12.9. The standard InChI is InChI=1S/C27H27F3N2O3S/c1-15(2)24-25(36-26(32-24)18-5-7-20(8-6-18)27(28,29)30)16(3)13-35-14-17-4-9-21-19(11-23(33)34)12-31-22(21)10-17/h4-10,12,15-16,31H,11,13-14H2,1-3H3,(H,33,34). The number of nitrogens with one attached hydrogen (secondary N) is 1. The first-order valence-electron chi connectivity index (χ1n) is 11.6. The Morgan fingerprint density at radius 2 is 1.86 bits per heavy atom. The number of aliphatic carboxylic acids is 1. The van der Waals surface area contributed by atoms with Crippen molar-refractivity contribution in [3.63, 3.8) is 0 Å². The molecule has 2 N–H and O–H groups in total. The van der Waals surface area contributed by atoms with E-state index in [0.717, 1.165) is 44.7 Å². The molecule has 0 saturated heterocycles. The highest BCUT2D eigenvalue weighted by Gasteiger charge is 2.30. The molecule has 0 fully saturated rings. The lowest BCUT2D eigenvalue weighted by Crippen LogP contribution is -2.06. The maximum atomic E-state index is 12.9. The van der Waals surface area contributed by atoms with Gasteiger partial charge in [0, 0.05) is 33.5 Å². The van der Waals surface area contributed by atoms with Crippen LogP contribution in [0.5, 0.6) is 0 Å². The smallest absolute Gasteiger partial charge is 0.416 e. The Labute approximate surface area is 211 Å². The normalized spacial score (nSPS) is 13.0. The molecule has 0 aliphatic rings. The van der Waals surface area contributed by atoms with Gasteiger partial charge in [0.25, 0.3) is 0 Å². The van der Waals surface area contributed by atoms with Crippen LogP contribution in [-0.2, 0) is 28.7 Å². The van der Waals surface area contributed by atoms with E-state index in [9.17, 15) is 18.0 Å². The average molecular weight is 517 g/mol. The molecule has 190 valence electrons. The summed E-state index contributed by atoms with van der Waals surface area (Å²) in [6, 6.07) is 10.9. The first kappa shape index (κ1) is 25.9. The zero-order valence-electron chi connectivity index (χ0n) is 20.1. The lowest BCUT2D eigenvalue weighted by molar-refractivity contribution is -0.138. The summed E-state index contributed by atoms with van der Waals surface area (Å²) in [6.07, 6.45) is -2.68. The number of alkyl halides is 3. The summed E-state index contributed by atoms with van der Waals surface area (Å²) in [5.41, 5.74) is 3.50. The van der Waals surface area contributed by atoms with Gasteiger partial charge in [-0.05, 0) is 35.2 Å². The number of carbonyl (C=O) groups is 1. The van der Waals surface area contributed by atoms with Crippen molar-refractivity contribution in [1.29, 1.82) is 0 Å². The van der Waals surface area contributed by atoms with Crippen molar-refractivity contribution in [3.8, 4) is 10.6 Å². The predicted molar refractivity (Wildman–Crippen MR) is 134 cm³/mol. The van der Waals surface area contributed by atoms with Gasteiger partial charge in [-0.15, -0.1) is 11.3 Å². The van der Waals surface area contributed by atoms with Crippen molar-refractivity contribution < 1.29 is 27.8 Å². The summed E-state index contributed by atoms with van der Waals surface area (Å²) >= 11 is 1.49. The van der Waals surface area contributed by atoms with Crippen LogP contribution in [0.2, 0.25) is 0 Å². The number of fused-ring (bicyclic) bond motifs is 1. The predicted octanol–water partition coefficient (Wildman–Crippen LogP) is 7.38. The van der Waals surface area contributed by atoms with Gasteiger partial charge in [0.2, 0.25) is 0 Å². The third-order valence-corrected chi connectivity index (χ3v) is 7.30. The Balaban J connectivity index is 1.44. The highest BCUT2D eigenvalue weighted by atomic mass is 32.1. The van der Waals surface area contributed by atoms with E-state index in [2.05, 4.69) is 11.9 Å². The molecule has 1 unspecified atom stereocenters. The number of aromatic nitrogens is 2. The molecule has 2 aromatic heterocycles. The van der Waals surface area contributed by atoms with Crippen LogP contribution in [0, 0.1) is 0 Å². The summed E-state index contributed by atoms with van der Waals surface area (Å²) in [6.45, 7) is 7.01. The molecule has 1 atom stereocenters. The molecule has 2 aromatic carbocycles. The van der Waals surface area contributed by atoms with Gasteiger partial charge in [0.05, 0.1) is 30.9 Å². The Kier molecular flexibility index (Phi) is 7.51. The number of ether oxygens (including phenoxy) is 1. The fourth-order valence-corrected chi connectivity index (χ4v) is 5.36. The maximum Gasteiger partial charge on any atom is 0.416 e. The van der Waals surface area contributed by atoms with E-state index in [0.29, 0.717) is 23.8 Å². The van der Waals surface area contributed by atoms with Gasteiger partial charge in [-0.25, -0.2) is 4.98 Å². The molecule has 5 nitrogen and oxygen atoms in total. The van der Waals surface area contributed by atoms with Crippen molar-refractivity contribution in [2.24, 2.45) is 0 Å². The molecule has 0 aliphatic heterocycles. The summed E-state index contributed by atoms with van der Waals surface area (Å²) in [4.78, 5) is 20.0. The van der Waals surface area contributed by atoms with E-state index in [1.54, 1.807) is 6.20 Å². The van der Waals surface area contributed by atoms with E-state index in [1.807, 2.05) is 32.0 Å². The van der Waals surface area contributed by atoms with Gasteiger partial charge in [0.1, 0.15) is 5.01 Å². The van der Waals surface area contributed by atoms with Crippen LogP contribution >= 0.6 is 11.3 Å². The van der Waals surface area contributed by atoms with Crippen LogP contribution < -0.4 is 0 Å². The van der Waals surface area contributed by atoms with E-state index >= 15 is 0 Å². The van der Waals surface area contributed by atoms with Crippen LogP contribution in [0.15, 0.2) is 48.7 Å². The van der Waals surface area contributed by atoms with E-state index in [4.69, 9.17) is 14.8 Å². The Morgan fingerprint density at radius 1 is 1.14 bits per heavy atom. The number of thiazole rings is 1. The number of nitrogens with zero attached hydrogens (tertiary/aromatic N) is 1. The highest BCUT2D eigenvalue weighted by Crippen LogP contribution is 2.38. The van der Waals surface area contributed by atoms with Crippen molar-refractivity contribution >= 4 is 28.2 Å². The quantitative estimate of drug-likeness (QED) is 0.243. The van der Waals surface area contributed by atoms with Crippen LogP contribution in [0.25, 0.3) is 21.5 Å². The summed E-state index contributed by atoms with van der Waals surface area (Å²) < 4.78 is 44.8. The Hall–Kier alpha value is -3.17. The zero-order chi connectivity index (χ0) is 26.0. The second-order valence-corrected chi connectivity index (χ2v) is 10.2. The van der Waals surface area contributed by atoms with Gasteiger partial charge >= 0.3 is 12.1 Å². The third kappa shape index (κ3) is 5.79. The topological polar surface area (TPSA) is 75.2 Å². The molecule has 0 radical (unpaired) electrons. The zero-order valence-corrected chi connectivity index (χ0v) is 21.0. The first-order valence-corrected chi connectivity index (χ1v) is 12.4. The number of hydrogen-bond donors (Lipinski definition) is 2. The first-order chi connectivity index (χ1) is 17.0. The van der Waals surface area contributed by atoms with Crippen molar-refractivity contribution in [2.75, 3.05) is 6.61 Å². The van der Waals surface area contributed by atoms with Crippen molar-refractivity contribution in [1.82, 2.24) is 9.97 Å². The lowest BCUT2D eigenvalue weighted by Gasteiger charge is -2.13. The largest absolute Gasteiger partial charge is 0.481 e.